The smallest absolute Gasteiger partial charge is 0.494 e. The molecule has 1 aromatic rings. The van der Waals surface area contributed by atoms with Crippen LogP contribution in [0.2, 0.25) is 5.15 Å². The van der Waals surface area contributed by atoms with Gasteiger partial charge in [0.2, 0.25) is 0 Å². The third-order valence-corrected chi connectivity index (χ3v) is 3.86. The number of hydrogen-bond acceptors (Lipinski definition) is 4. The van der Waals surface area contributed by atoms with Gasteiger partial charge in [-0.3, -0.25) is 0 Å². The molecule has 0 radical (unpaired) electrons. The molecule has 0 N–H and O–H groups in total. The van der Waals surface area contributed by atoms with Crippen molar-refractivity contribution < 1.29 is 14.0 Å². The monoisotopic (exact) mass is 269 g/mol. The standard InChI is InChI=1S/C12H17BClNO3/c1-11(2)12(3,4)18-13(17-11)8-6-9(16-5)10(14)15-7-8/h6-7H,1-5H3. The lowest BCUT2D eigenvalue weighted by atomic mass is 9.80. The Bertz CT molecular complexity index is 449. The van der Waals surface area contributed by atoms with E-state index >= 15 is 0 Å². The molecule has 0 atom stereocenters. The number of hydrogen-bond donors (Lipinski definition) is 0. The van der Waals surface area contributed by atoms with Crippen molar-refractivity contribution >= 4 is 24.2 Å². The van der Waals surface area contributed by atoms with Crippen LogP contribution in [0.1, 0.15) is 27.7 Å². The number of nitrogens with zero attached hydrogens (tertiary/aromatic N) is 1. The molecule has 1 saturated heterocycles. The quantitative estimate of drug-likeness (QED) is 0.608. The molecule has 18 heavy (non-hydrogen) atoms. The van der Waals surface area contributed by atoms with Crippen molar-refractivity contribution in [1.29, 1.82) is 0 Å². The van der Waals surface area contributed by atoms with Gasteiger partial charge in [0, 0.05) is 11.7 Å². The second kappa shape index (κ2) is 4.40. The minimum Gasteiger partial charge on any atom is -0.494 e. The van der Waals surface area contributed by atoms with E-state index in [0.717, 1.165) is 5.46 Å². The van der Waals surface area contributed by atoms with Gasteiger partial charge in [-0.2, -0.15) is 0 Å². The highest BCUT2D eigenvalue weighted by atomic mass is 35.5. The fourth-order valence-corrected chi connectivity index (χ4v) is 1.87. The minimum absolute atomic E-state index is 0.331. The third kappa shape index (κ3) is 2.22. The van der Waals surface area contributed by atoms with E-state index in [2.05, 4.69) is 4.98 Å². The van der Waals surface area contributed by atoms with Gasteiger partial charge in [-0.15, -0.1) is 0 Å². The second-order valence-corrected chi connectivity index (χ2v) is 5.71. The first-order valence-corrected chi connectivity index (χ1v) is 6.20. The third-order valence-electron chi connectivity index (χ3n) is 3.57. The molecule has 1 fully saturated rings. The Morgan fingerprint density at radius 3 is 2.28 bits per heavy atom. The maximum atomic E-state index is 5.93. The molecule has 4 nitrogen and oxygen atoms in total. The highest BCUT2D eigenvalue weighted by Crippen LogP contribution is 2.36. The van der Waals surface area contributed by atoms with Gasteiger partial charge in [-0.25, -0.2) is 4.98 Å². The number of halogens is 1. The first-order chi connectivity index (χ1) is 8.27. The predicted octanol–water partition coefficient (Wildman–Crippen LogP) is 2.04. The Balaban J connectivity index is 2.30. The molecule has 0 aliphatic carbocycles. The average Bonchev–Trinajstić information content (AvgIpc) is 2.49. The fourth-order valence-electron chi connectivity index (χ4n) is 1.69. The topological polar surface area (TPSA) is 40.6 Å². The molecule has 0 aromatic carbocycles. The maximum Gasteiger partial charge on any atom is 0.496 e. The van der Waals surface area contributed by atoms with E-state index in [4.69, 9.17) is 25.6 Å². The zero-order chi connectivity index (χ0) is 13.6. The van der Waals surface area contributed by atoms with Gasteiger partial charge in [0.25, 0.3) is 0 Å². The molecule has 98 valence electrons. The Morgan fingerprint density at radius 1 is 1.22 bits per heavy atom. The van der Waals surface area contributed by atoms with E-state index in [0.29, 0.717) is 10.9 Å². The zero-order valence-electron chi connectivity index (χ0n) is 11.3. The highest BCUT2D eigenvalue weighted by Gasteiger charge is 2.51. The summed E-state index contributed by atoms with van der Waals surface area (Å²) in [7, 11) is 1.10. The van der Waals surface area contributed by atoms with Crippen LogP contribution in [-0.2, 0) is 9.31 Å². The second-order valence-electron chi connectivity index (χ2n) is 5.35. The van der Waals surface area contributed by atoms with Crippen LogP contribution < -0.4 is 10.2 Å². The van der Waals surface area contributed by atoms with Crippen LogP contribution >= 0.6 is 11.6 Å². The first kappa shape index (κ1) is 13.7. The van der Waals surface area contributed by atoms with Gasteiger partial charge in [-0.05, 0) is 33.8 Å². The molecular weight excluding hydrogens is 252 g/mol. The molecule has 6 heteroatoms. The van der Waals surface area contributed by atoms with Crippen molar-refractivity contribution in [3.05, 3.63) is 17.4 Å². The highest BCUT2D eigenvalue weighted by molar-refractivity contribution is 6.62. The normalized spacial score (nSPS) is 21.1. The van der Waals surface area contributed by atoms with E-state index in [-0.39, 0.29) is 11.2 Å². The summed E-state index contributed by atoms with van der Waals surface area (Å²) in [4.78, 5) is 4.07. The van der Waals surface area contributed by atoms with Gasteiger partial charge >= 0.3 is 7.12 Å². The van der Waals surface area contributed by atoms with E-state index in [9.17, 15) is 0 Å². The molecule has 0 unspecified atom stereocenters. The summed E-state index contributed by atoms with van der Waals surface area (Å²) >= 11 is 5.90. The molecule has 0 saturated carbocycles. The molecule has 2 heterocycles. The van der Waals surface area contributed by atoms with E-state index in [1.165, 1.54) is 0 Å². The van der Waals surface area contributed by atoms with Gasteiger partial charge in [0.15, 0.2) is 10.9 Å². The van der Waals surface area contributed by atoms with Crippen molar-refractivity contribution in [2.24, 2.45) is 0 Å². The molecule has 0 amide bonds. The summed E-state index contributed by atoms with van der Waals surface area (Å²) in [6.07, 6.45) is 1.65. The van der Waals surface area contributed by atoms with E-state index < -0.39 is 7.12 Å². The summed E-state index contributed by atoms with van der Waals surface area (Å²) in [6.45, 7) is 8.03. The fraction of sp³-hybridized carbons (Fsp3) is 0.583. The Kier molecular flexibility index (Phi) is 3.34. The van der Waals surface area contributed by atoms with Gasteiger partial charge in [0.1, 0.15) is 0 Å². The van der Waals surface area contributed by atoms with Crippen LogP contribution in [0, 0.1) is 0 Å². The van der Waals surface area contributed by atoms with Crippen LogP contribution in [0.25, 0.3) is 0 Å². The van der Waals surface area contributed by atoms with Gasteiger partial charge in [-0.1, -0.05) is 11.6 Å². The van der Waals surface area contributed by atoms with Crippen molar-refractivity contribution in [1.82, 2.24) is 4.98 Å². The number of aromatic nitrogens is 1. The van der Waals surface area contributed by atoms with Crippen molar-refractivity contribution in [3.63, 3.8) is 0 Å². The number of methoxy groups -OCH3 is 1. The Labute approximate surface area is 113 Å². The van der Waals surface area contributed by atoms with Crippen LogP contribution in [-0.4, -0.2) is 30.4 Å². The maximum absolute atomic E-state index is 5.93. The first-order valence-electron chi connectivity index (χ1n) is 5.82. The van der Waals surface area contributed by atoms with Crippen molar-refractivity contribution in [3.8, 4) is 5.75 Å². The summed E-state index contributed by atoms with van der Waals surface area (Å²) in [5.41, 5.74) is 0.0598. The molecule has 1 aliphatic heterocycles. The number of pyridine rings is 1. The van der Waals surface area contributed by atoms with Gasteiger partial charge < -0.3 is 14.0 Å². The zero-order valence-corrected chi connectivity index (χ0v) is 12.0. The number of ether oxygens (including phenoxy) is 1. The summed E-state index contributed by atoms with van der Waals surface area (Å²) < 4.78 is 17.0. The van der Waals surface area contributed by atoms with Crippen LogP contribution in [0.5, 0.6) is 5.75 Å². The average molecular weight is 270 g/mol. The summed E-state index contributed by atoms with van der Waals surface area (Å²) in [6, 6.07) is 1.79. The Morgan fingerprint density at radius 2 is 1.78 bits per heavy atom. The molecule has 0 bridgehead atoms. The SMILES string of the molecule is COc1cc(B2OC(C)(C)C(C)(C)O2)cnc1Cl. The van der Waals surface area contributed by atoms with E-state index in [1.807, 2.05) is 27.7 Å². The van der Waals surface area contributed by atoms with Crippen molar-refractivity contribution in [2.45, 2.75) is 38.9 Å². The number of rotatable bonds is 2. The van der Waals surface area contributed by atoms with E-state index in [1.54, 1.807) is 19.4 Å². The molecule has 0 spiro atoms. The van der Waals surface area contributed by atoms with Crippen molar-refractivity contribution in [2.75, 3.05) is 7.11 Å². The lowest BCUT2D eigenvalue weighted by Gasteiger charge is -2.32. The summed E-state index contributed by atoms with van der Waals surface area (Å²) in [5, 5.41) is 0.331. The summed E-state index contributed by atoms with van der Waals surface area (Å²) in [5.74, 6) is 0.517. The molecular formula is C12H17BClNO3. The van der Waals surface area contributed by atoms with Gasteiger partial charge in [0.05, 0.1) is 18.3 Å². The van der Waals surface area contributed by atoms with Crippen LogP contribution in [0.15, 0.2) is 12.3 Å². The largest absolute Gasteiger partial charge is 0.496 e. The van der Waals surface area contributed by atoms with Crippen LogP contribution in [0.3, 0.4) is 0 Å². The lowest BCUT2D eigenvalue weighted by molar-refractivity contribution is 0.00578. The van der Waals surface area contributed by atoms with Crippen LogP contribution in [0.4, 0.5) is 0 Å². The predicted molar refractivity (Wildman–Crippen MR) is 71.5 cm³/mol. The Hall–Kier alpha value is -0.775. The molecule has 1 aliphatic rings. The minimum atomic E-state index is -0.450. The molecule has 2 rings (SSSR count). The molecule has 1 aromatic heterocycles. The lowest BCUT2D eigenvalue weighted by Crippen LogP contribution is -2.41.